The highest BCUT2D eigenvalue weighted by atomic mass is 16.4. The Labute approximate surface area is 106 Å². The predicted octanol–water partition coefficient (Wildman–Crippen LogP) is 1.80. The maximum absolute atomic E-state index is 12.2. The minimum Gasteiger partial charge on any atom is -0.481 e. The second-order valence-electron chi connectivity index (χ2n) is 4.68. The van der Waals surface area contributed by atoms with Gasteiger partial charge in [0, 0.05) is 24.6 Å². The quantitative estimate of drug-likeness (QED) is 0.882. The first-order valence-electron chi connectivity index (χ1n) is 6.20. The van der Waals surface area contributed by atoms with Gasteiger partial charge in [-0.3, -0.25) is 9.59 Å². The third-order valence-electron chi connectivity index (χ3n) is 3.34. The van der Waals surface area contributed by atoms with Crippen molar-refractivity contribution in [3.63, 3.8) is 0 Å². The number of carbonyl (C=O) groups is 2. The van der Waals surface area contributed by atoms with Crippen molar-refractivity contribution in [2.24, 2.45) is 5.92 Å². The number of carboxylic acids is 1. The lowest BCUT2D eigenvalue weighted by Crippen LogP contribution is -2.50. The van der Waals surface area contributed by atoms with Crippen LogP contribution in [0, 0.1) is 5.92 Å². The first kappa shape index (κ1) is 12.6. The number of carbonyl (C=O) groups excluding carboxylic acids is 1. The molecule has 1 amide bonds. The summed E-state index contributed by atoms with van der Waals surface area (Å²) in [5.41, 5.74) is 1.79. The second kappa shape index (κ2) is 5.21. The number of hydrogen-bond acceptors (Lipinski definition) is 2. The molecule has 2 rings (SSSR count). The van der Waals surface area contributed by atoms with Crippen LogP contribution in [-0.4, -0.2) is 35.0 Å². The smallest absolute Gasteiger partial charge is 0.303 e. The van der Waals surface area contributed by atoms with E-state index in [0.717, 1.165) is 17.5 Å². The fourth-order valence-electron chi connectivity index (χ4n) is 2.32. The molecule has 1 aliphatic rings. The summed E-state index contributed by atoms with van der Waals surface area (Å²) in [6.45, 7) is 3.14. The Hall–Kier alpha value is -1.84. The summed E-state index contributed by atoms with van der Waals surface area (Å²) >= 11 is 0. The Morgan fingerprint density at radius 1 is 1.33 bits per heavy atom. The molecule has 1 heterocycles. The number of amides is 1. The van der Waals surface area contributed by atoms with Crippen LogP contribution in [0.15, 0.2) is 24.3 Å². The fourth-order valence-corrected chi connectivity index (χ4v) is 2.32. The Balaban J connectivity index is 1.99. The number of hydrogen-bond donors (Lipinski definition) is 1. The number of aliphatic carboxylic acids is 1. The van der Waals surface area contributed by atoms with Crippen LogP contribution in [-0.2, 0) is 11.2 Å². The molecule has 0 aliphatic carbocycles. The highest BCUT2D eigenvalue weighted by Crippen LogP contribution is 2.22. The van der Waals surface area contributed by atoms with Gasteiger partial charge in [-0.05, 0) is 18.1 Å². The third-order valence-corrected chi connectivity index (χ3v) is 3.34. The van der Waals surface area contributed by atoms with Gasteiger partial charge in [-0.1, -0.05) is 25.1 Å². The number of aryl methyl sites for hydroxylation is 1. The van der Waals surface area contributed by atoms with Gasteiger partial charge in [0.05, 0.1) is 6.42 Å². The lowest BCUT2D eigenvalue weighted by atomic mass is 9.94. The van der Waals surface area contributed by atoms with Gasteiger partial charge in [0.25, 0.3) is 5.91 Å². The summed E-state index contributed by atoms with van der Waals surface area (Å²) in [6, 6.07) is 7.59. The van der Waals surface area contributed by atoms with Crippen LogP contribution >= 0.6 is 0 Å². The predicted molar refractivity (Wildman–Crippen MR) is 67.5 cm³/mol. The third kappa shape index (κ3) is 2.53. The Bertz CT molecular complexity index is 464. The summed E-state index contributed by atoms with van der Waals surface area (Å²) in [7, 11) is 0. The first-order chi connectivity index (χ1) is 8.61. The summed E-state index contributed by atoms with van der Waals surface area (Å²) < 4.78 is 0. The van der Waals surface area contributed by atoms with E-state index in [4.69, 9.17) is 5.11 Å². The molecule has 1 fully saturated rings. The van der Waals surface area contributed by atoms with Crippen LogP contribution in [0.25, 0.3) is 0 Å². The van der Waals surface area contributed by atoms with Crippen molar-refractivity contribution < 1.29 is 14.7 Å². The minimum atomic E-state index is -0.791. The molecule has 1 aliphatic heterocycles. The molecule has 0 unspecified atom stereocenters. The lowest BCUT2D eigenvalue weighted by molar-refractivity contribution is -0.139. The molecule has 1 N–H and O–H groups in total. The van der Waals surface area contributed by atoms with Crippen molar-refractivity contribution in [1.29, 1.82) is 0 Å². The summed E-state index contributed by atoms with van der Waals surface area (Å²) in [4.78, 5) is 24.5. The second-order valence-corrected chi connectivity index (χ2v) is 4.68. The van der Waals surface area contributed by atoms with E-state index >= 15 is 0 Å². The first-order valence-corrected chi connectivity index (χ1v) is 6.20. The van der Waals surface area contributed by atoms with E-state index in [0.29, 0.717) is 13.1 Å². The van der Waals surface area contributed by atoms with Gasteiger partial charge in [-0.25, -0.2) is 0 Å². The van der Waals surface area contributed by atoms with E-state index < -0.39 is 5.97 Å². The molecule has 18 heavy (non-hydrogen) atoms. The highest BCUT2D eigenvalue weighted by Gasteiger charge is 2.32. The summed E-state index contributed by atoms with van der Waals surface area (Å²) in [5.74, 6) is -0.657. The molecule has 0 spiro atoms. The average molecular weight is 247 g/mol. The van der Waals surface area contributed by atoms with Crippen LogP contribution in [0.3, 0.4) is 0 Å². The van der Waals surface area contributed by atoms with E-state index in [1.165, 1.54) is 0 Å². The zero-order chi connectivity index (χ0) is 13.1. The van der Waals surface area contributed by atoms with Crippen molar-refractivity contribution in [2.75, 3.05) is 13.1 Å². The average Bonchev–Trinajstić information content (AvgIpc) is 2.32. The van der Waals surface area contributed by atoms with E-state index in [1.54, 1.807) is 4.90 Å². The van der Waals surface area contributed by atoms with E-state index in [1.807, 2.05) is 31.2 Å². The molecule has 0 saturated carbocycles. The number of nitrogens with zero attached hydrogens (tertiary/aromatic N) is 1. The van der Waals surface area contributed by atoms with Crippen molar-refractivity contribution in [3.8, 4) is 0 Å². The highest BCUT2D eigenvalue weighted by molar-refractivity contribution is 5.96. The van der Waals surface area contributed by atoms with Crippen LogP contribution in [0.4, 0.5) is 0 Å². The monoisotopic (exact) mass is 247 g/mol. The van der Waals surface area contributed by atoms with Gasteiger partial charge in [-0.2, -0.15) is 0 Å². The molecule has 96 valence electrons. The molecular formula is C14H17NO3. The number of carboxylic acid groups (broad SMARTS) is 1. The number of rotatable bonds is 4. The minimum absolute atomic E-state index is 0.0223. The van der Waals surface area contributed by atoms with Crippen molar-refractivity contribution in [3.05, 3.63) is 35.4 Å². The lowest BCUT2D eigenvalue weighted by Gasteiger charge is -2.38. The normalized spacial score (nSPS) is 15.3. The van der Waals surface area contributed by atoms with Crippen LogP contribution in [0.1, 0.15) is 29.3 Å². The van der Waals surface area contributed by atoms with Gasteiger partial charge in [0.2, 0.25) is 0 Å². The molecule has 4 nitrogen and oxygen atoms in total. The Morgan fingerprint density at radius 2 is 2.00 bits per heavy atom. The van der Waals surface area contributed by atoms with Crippen molar-refractivity contribution in [2.45, 2.75) is 19.8 Å². The number of likely N-dealkylation sites (tertiary alicyclic amines) is 1. The van der Waals surface area contributed by atoms with Crippen molar-refractivity contribution >= 4 is 11.9 Å². The largest absolute Gasteiger partial charge is 0.481 e. The summed E-state index contributed by atoms with van der Waals surface area (Å²) in [6.07, 6.45) is 0.980. The fraction of sp³-hybridized carbons (Fsp3) is 0.429. The van der Waals surface area contributed by atoms with Crippen LogP contribution in [0.2, 0.25) is 0 Å². The van der Waals surface area contributed by atoms with Gasteiger partial charge >= 0.3 is 5.97 Å². The van der Waals surface area contributed by atoms with E-state index in [9.17, 15) is 9.59 Å². The Kier molecular flexibility index (Phi) is 3.65. The molecular weight excluding hydrogens is 230 g/mol. The van der Waals surface area contributed by atoms with E-state index in [2.05, 4.69) is 0 Å². The van der Waals surface area contributed by atoms with Crippen molar-refractivity contribution in [1.82, 2.24) is 4.90 Å². The molecule has 0 atom stereocenters. The SMILES string of the molecule is CCc1ccccc1C(=O)N1CC(CC(=O)O)C1. The van der Waals surface area contributed by atoms with Gasteiger partial charge in [-0.15, -0.1) is 0 Å². The van der Waals surface area contributed by atoms with Gasteiger partial charge < -0.3 is 10.0 Å². The number of benzene rings is 1. The molecule has 1 aromatic rings. The van der Waals surface area contributed by atoms with Crippen LogP contribution < -0.4 is 0 Å². The molecule has 0 radical (unpaired) electrons. The Morgan fingerprint density at radius 3 is 2.61 bits per heavy atom. The van der Waals surface area contributed by atoms with Gasteiger partial charge in [0.1, 0.15) is 0 Å². The zero-order valence-electron chi connectivity index (χ0n) is 10.4. The standard InChI is InChI=1S/C14H17NO3/c1-2-11-5-3-4-6-12(11)14(18)15-8-10(9-15)7-13(16)17/h3-6,10H,2,7-9H2,1H3,(H,16,17). The molecule has 0 bridgehead atoms. The maximum atomic E-state index is 12.2. The molecule has 1 aromatic carbocycles. The molecule has 1 saturated heterocycles. The topological polar surface area (TPSA) is 57.6 Å². The van der Waals surface area contributed by atoms with Crippen LogP contribution in [0.5, 0.6) is 0 Å². The zero-order valence-corrected chi connectivity index (χ0v) is 10.4. The molecule has 4 heteroatoms. The van der Waals surface area contributed by atoms with Gasteiger partial charge in [0.15, 0.2) is 0 Å². The van der Waals surface area contributed by atoms with E-state index in [-0.39, 0.29) is 18.2 Å². The summed E-state index contributed by atoms with van der Waals surface area (Å²) in [5, 5.41) is 8.67. The maximum Gasteiger partial charge on any atom is 0.303 e. The molecule has 0 aromatic heterocycles.